The average molecular weight is 561 g/mol. The molecule has 10 heteroatoms. The van der Waals surface area contributed by atoms with Gasteiger partial charge in [-0.05, 0) is 75.1 Å². The molecule has 0 saturated carbocycles. The molecular weight excluding hydrogens is 523 g/mol. The lowest BCUT2D eigenvalue weighted by molar-refractivity contribution is -0.138. The Kier molecular flexibility index (Phi) is 8.11. The van der Waals surface area contributed by atoms with Crippen LogP contribution in [-0.4, -0.2) is 95.6 Å². The number of nitrogens with one attached hydrogen (secondary N) is 2. The van der Waals surface area contributed by atoms with E-state index < -0.39 is 5.82 Å². The molecule has 0 spiro atoms. The van der Waals surface area contributed by atoms with Crippen LogP contribution in [0.4, 0.5) is 4.39 Å². The van der Waals surface area contributed by atoms with Crippen molar-refractivity contribution in [3.05, 3.63) is 75.5 Å². The van der Waals surface area contributed by atoms with Crippen LogP contribution >= 0.6 is 0 Å². The van der Waals surface area contributed by atoms with Crippen molar-refractivity contribution in [1.82, 2.24) is 30.2 Å². The molecule has 4 heterocycles. The fourth-order valence-electron chi connectivity index (χ4n) is 6.50. The predicted molar refractivity (Wildman–Crippen MR) is 154 cm³/mol. The lowest BCUT2D eigenvalue weighted by Crippen LogP contribution is -2.53. The SMILES string of the molecule is O=C(c1cc(Cc2n[nH]c(=O)c3ccccc23)ccc1F)N1CCN(C(=O)C2CCN(CC3CCNC3)CC2)CC1. The fourth-order valence-corrected chi connectivity index (χ4v) is 6.50. The molecule has 216 valence electrons. The highest BCUT2D eigenvalue weighted by Crippen LogP contribution is 2.24. The number of piperidine rings is 1. The monoisotopic (exact) mass is 560 g/mol. The van der Waals surface area contributed by atoms with E-state index in [0.717, 1.165) is 62.4 Å². The molecule has 3 aliphatic heterocycles. The Bertz CT molecular complexity index is 1470. The number of aromatic nitrogens is 2. The van der Waals surface area contributed by atoms with E-state index in [0.29, 0.717) is 43.7 Å². The standard InChI is InChI=1S/C31H37FN6O3/c32-27-6-5-21(18-28-24-3-1-2-4-25(24)29(39)35-34-28)17-26(27)31(41)38-15-13-37(14-16-38)30(40)23-8-11-36(12-9-23)20-22-7-10-33-19-22/h1-6,17,22-23,33H,7-16,18-20H2,(H,35,39). The van der Waals surface area contributed by atoms with Crippen molar-refractivity contribution in [2.24, 2.45) is 11.8 Å². The fraction of sp³-hybridized carbons (Fsp3) is 0.484. The van der Waals surface area contributed by atoms with E-state index in [-0.39, 0.29) is 28.9 Å². The van der Waals surface area contributed by atoms with E-state index in [1.807, 2.05) is 17.0 Å². The summed E-state index contributed by atoms with van der Waals surface area (Å²) in [5, 5.41) is 11.4. The lowest BCUT2D eigenvalue weighted by atomic mass is 9.94. The van der Waals surface area contributed by atoms with Crippen LogP contribution in [0.25, 0.3) is 10.8 Å². The van der Waals surface area contributed by atoms with Gasteiger partial charge in [-0.25, -0.2) is 9.49 Å². The number of aromatic amines is 1. The Hall–Kier alpha value is -3.63. The number of likely N-dealkylation sites (tertiary alicyclic amines) is 1. The first-order valence-electron chi connectivity index (χ1n) is 14.7. The zero-order valence-electron chi connectivity index (χ0n) is 23.3. The van der Waals surface area contributed by atoms with Gasteiger partial charge in [0.05, 0.1) is 16.6 Å². The third kappa shape index (κ3) is 6.04. The van der Waals surface area contributed by atoms with Crippen molar-refractivity contribution in [3.63, 3.8) is 0 Å². The van der Waals surface area contributed by atoms with Gasteiger partial charge in [-0.3, -0.25) is 14.4 Å². The van der Waals surface area contributed by atoms with Crippen LogP contribution in [0.1, 0.15) is 40.9 Å². The molecule has 1 unspecified atom stereocenters. The maximum atomic E-state index is 14.8. The second-order valence-corrected chi connectivity index (χ2v) is 11.6. The Morgan fingerprint density at radius 1 is 0.927 bits per heavy atom. The summed E-state index contributed by atoms with van der Waals surface area (Å²) in [6.07, 6.45) is 3.35. The van der Waals surface area contributed by atoms with Gasteiger partial charge in [0.15, 0.2) is 0 Å². The van der Waals surface area contributed by atoms with Crippen LogP contribution in [-0.2, 0) is 11.2 Å². The number of benzene rings is 2. The largest absolute Gasteiger partial charge is 0.339 e. The number of carbonyl (C=O) groups is 2. The van der Waals surface area contributed by atoms with Crippen LogP contribution in [0.5, 0.6) is 0 Å². The number of H-pyrrole nitrogens is 1. The zero-order chi connectivity index (χ0) is 28.3. The van der Waals surface area contributed by atoms with E-state index >= 15 is 0 Å². The smallest absolute Gasteiger partial charge is 0.272 e. The molecular formula is C31H37FN6O3. The number of hydrogen-bond donors (Lipinski definition) is 2. The van der Waals surface area contributed by atoms with Crippen molar-refractivity contribution in [2.75, 3.05) is 58.9 Å². The van der Waals surface area contributed by atoms with Gasteiger partial charge in [-0.2, -0.15) is 5.10 Å². The molecule has 41 heavy (non-hydrogen) atoms. The number of halogens is 1. The van der Waals surface area contributed by atoms with E-state index in [2.05, 4.69) is 20.4 Å². The number of amides is 2. The summed E-state index contributed by atoms with van der Waals surface area (Å²) in [6.45, 7) is 6.94. The first-order chi connectivity index (χ1) is 20.0. The van der Waals surface area contributed by atoms with E-state index in [9.17, 15) is 18.8 Å². The highest BCUT2D eigenvalue weighted by molar-refractivity contribution is 5.95. The summed E-state index contributed by atoms with van der Waals surface area (Å²) in [5.41, 5.74) is 1.13. The average Bonchev–Trinajstić information content (AvgIpc) is 3.52. The minimum Gasteiger partial charge on any atom is -0.339 e. The second kappa shape index (κ2) is 12.1. The van der Waals surface area contributed by atoms with Crippen molar-refractivity contribution in [2.45, 2.75) is 25.7 Å². The number of piperazine rings is 1. The maximum Gasteiger partial charge on any atom is 0.272 e. The molecule has 6 rings (SSSR count). The van der Waals surface area contributed by atoms with Crippen molar-refractivity contribution in [1.29, 1.82) is 0 Å². The molecule has 9 nitrogen and oxygen atoms in total. The zero-order valence-corrected chi connectivity index (χ0v) is 23.3. The number of rotatable bonds is 6. The van der Waals surface area contributed by atoms with Gasteiger partial charge in [-0.15, -0.1) is 0 Å². The summed E-state index contributed by atoms with van der Waals surface area (Å²) in [6, 6.07) is 11.7. The minimum atomic E-state index is -0.573. The predicted octanol–water partition coefficient (Wildman–Crippen LogP) is 2.26. The summed E-state index contributed by atoms with van der Waals surface area (Å²) < 4.78 is 14.8. The molecule has 3 aromatic rings. The number of fused-ring (bicyclic) bond motifs is 1. The van der Waals surface area contributed by atoms with Gasteiger partial charge in [-0.1, -0.05) is 24.3 Å². The Morgan fingerprint density at radius 2 is 1.66 bits per heavy atom. The molecule has 3 saturated heterocycles. The van der Waals surface area contributed by atoms with Gasteiger partial charge in [0.1, 0.15) is 5.82 Å². The quantitative estimate of drug-likeness (QED) is 0.480. The Balaban J connectivity index is 1.05. The summed E-state index contributed by atoms with van der Waals surface area (Å²) >= 11 is 0. The Labute approximate surface area is 238 Å². The molecule has 0 bridgehead atoms. The minimum absolute atomic E-state index is 0.0147. The first-order valence-corrected chi connectivity index (χ1v) is 14.7. The number of nitrogens with zero attached hydrogens (tertiary/aromatic N) is 4. The van der Waals surface area contributed by atoms with Crippen LogP contribution in [0.3, 0.4) is 0 Å². The van der Waals surface area contributed by atoms with Crippen LogP contribution in [0.15, 0.2) is 47.3 Å². The molecule has 0 aliphatic carbocycles. The second-order valence-electron chi connectivity index (χ2n) is 11.6. The van der Waals surface area contributed by atoms with Crippen LogP contribution in [0.2, 0.25) is 0 Å². The third-order valence-corrected chi connectivity index (χ3v) is 8.90. The lowest BCUT2D eigenvalue weighted by Gasteiger charge is -2.39. The number of carbonyl (C=O) groups excluding carboxylic acids is 2. The van der Waals surface area contributed by atoms with Gasteiger partial charge in [0, 0.05) is 50.4 Å². The van der Waals surface area contributed by atoms with Gasteiger partial charge >= 0.3 is 0 Å². The van der Waals surface area contributed by atoms with Crippen molar-refractivity contribution >= 4 is 22.6 Å². The molecule has 0 radical (unpaired) electrons. The van der Waals surface area contributed by atoms with E-state index in [4.69, 9.17) is 0 Å². The summed E-state index contributed by atoms with van der Waals surface area (Å²) in [7, 11) is 0. The van der Waals surface area contributed by atoms with Gasteiger partial charge in [0.2, 0.25) is 5.91 Å². The van der Waals surface area contributed by atoms with Crippen molar-refractivity contribution in [3.8, 4) is 0 Å². The highest BCUT2D eigenvalue weighted by Gasteiger charge is 2.32. The molecule has 1 aromatic heterocycles. The highest BCUT2D eigenvalue weighted by atomic mass is 19.1. The van der Waals surface area contributed by atoms with E-state index in [1.54, 1.807) is 29.2 Å². The molecule has 2 amide bonds. The topological polar surface area (TPSA) is 102 Å². The molecule has 3 aliphatic rings. The molecule has 2 N–H and O–H groups in total. The molecule has 1 atom stereocenters. The van der Waals surface area contributed by atoms with Crippen LogP contribution < -0.4 is 10.9 Å². The summed E-state index contributed by atoms with van der Waals surface area (Å²) in [4.78, 5) is 44.7. The molecule has 2 aromatic carbocycles. The van der Waals surface area contributed by atoms with Gasteiger partial charge < -0.3 is 20.0 Å². The van der Waals surface area contributed by atoms with E-state index in [1.165, 1.54) is 12.5 Å². The number of hydrogen-bond acceptors (Lipinski definition) is 6. The Morgan fingerprint density at radius 3 is 2.39 bits per heavy atom. The normalized spacial score (nSPS) is 20.6. The van der Waals surface area contributed by atoms with Crippen LogP contribution in [0, 0.1) is 17.7 Å². The first kappa shape index (κ1) is 27.5. The summed E-state index contributed by atoms with van der Waals surface area (Å²) in [5.74, 6) is 0.0102. The molecule has 3 fully saturated rings. The van der Waals surface area contributed by atoms with Crippen molar-refractivity contribution < 1.29 is 14.0 Å². The third-order valence-electron chi connectivity index (χ3n) is 8.90. The maximum absolute atomic E-state index is 14.8. The van der Waals surface area contributed by atoms with Gasteiger partial charge in [0.25, 0.3) is 11.5 Å².